The minimum atomic E-state index is -0.245. The number of nitrogens with zero attached hydrogens (tertiary/aromatic N) is 3. The standard InChI is InChI=1S/C28H25Cl3N4O4/c1-37-24-6-2-3-7-25(24)38-23-11-9-19(30)14-22(23)32-28(36)17-5-4-12-35(15-17)16-26-33-27(34-39-26)20-10-8-18(29)13-21(20)31/h2-3,6-11,13-14,17H,4-5,12,15-16H2,1H3,(H,32,36). The molecule has 5 rings (SSSR count). The number of halogens is 3. The quantitative estimate of drug-likeness (QED) is 0.230. The van der Waals surface area contributed by atoms with Gasteiger partial charge in [-0.1, -0.05) is 52.1 Å². The average Bonchev–Trinajstić information content (AvgIpc) is 3.38. The van der Waals surface area contributed by atoms with E-state index in [0.717, 1.165) is 19.4 Å². The van der Waals surface area contributed by atoms with Crippen molar-refractivity contribution in [3.8, 4) is 28.6 Å². The molecule has 1 N–H and O–H groups in total. The first-order valence-electron chi connectivity index (χ1n) is 12.3. The molecule has 1 aromatic heterocycles. The van der Waals surface area contributed by atoms with E-state index in [4.69, 9.17) is 48.8 Å². The van der Waals surface area contributed by atoms with Crippen LogP contribution in [0.15, 0.2) is 65.2 Å². The number of hydrogen-bond donors (Lipinski definition) is 1. The first-order valence-corrected chi connectivity index (χ1v) is 13.4. The second-order valence-electron chi connectivity index (χ2n) is 9.09. The lowest BCUT2D eigenvalue weighted by atomic mass is 9.97. The Hall–Kier alpha value is -3.30. The Bertz CT molecular complexity index is 1480. The van der Waals surface area contributed by atoms with E-state index in [1.807, 2.05) is 12.1 Å². The van der Waals surface area contributed by atoms with E-state index in [9.17, 15) is 4.79 Å². The lowest BCUT2D eigenvalue weighted by Gasteiger charge is -2.31. The van der Waals surface area contributed by atoms with Crippen molar-refractivity contribution in [1.29, 1.82) is 0 Å². The van der Waals surface area contributed by atoms with E-state index in [2.05, 4.69) is 20.4 Å². The third-order valence-corrected chi connectivity index (χ3v) is 7.15. The maximum Gasteiger partial charge on any atom is 0.241 e. The van der Waals surface area contributed by atoms with Crippen molar-refractivity contribution in [3.05, 3.63) is 81.6 Å². The monoisotopic (exact) mass is 586 g/mol. The van der Waals surface area contributed by atoms with Crippen molar-refractivity contribution in [2.75, 3.05) is 25.5 Å². The van der Waals surface area contributed by atoms with Gasteiger partial charge in [-0.05, 0) is 67.9 Å². The number of amides is 1. The average molecular weight is 588 g/mol. The molecule has 1 aliphatic rings. The molecule has 2 heterocycles. The third kappa shape index (κ3) is 6.65. The second kappa shape index (κ2) is 12.3. The fourth-order valence-electron chi connectivity index (χ4n) is 4.45. The van der Waals surface area contributed by atoms with Gasteiger partial charge < -0.3 is 19.3 Å². The summed E-state index contributed by atoms with van der Waals surface area (Å²) in [5.74, 6) is 2.04. The minimum absolute atomic E-state index is 0.119. The summed E-state index contributed by atoms with van der Waals surface area (Å²) in [6.07, 6.45) is 1.60. The fraction of sp³-hybridized carbons (Fsp3) is 0.250. The molecular weight excluding hydrogens is 563 g/mol. The van der Waals surface area contributed by atoms with Gasteiger partial charge in [-0.3, -0.25) is 9.69 Å². The number of rotatable bonds is 8. The maximum absolute atomic E-state index is 13.3. The molecule has 1 atom stereocenters. The number of para-hydroxylation sites is 2. The van der Waals surface area contributed by atoms with Crippen LogP contribution in [0.1, 0.15) is 18.7 Å². The normalized spacial score (nSPS) is 15.6. The SMILES string of the molecule is COc1ccccc1Oc1ccc(Cl)cc1NC(=O)C1CCCN(Cc2nc(-c3ccc(Cl)cc3Cl)no2)C1. The van der Waals surface area contributed by atoms with Crippen molar-refractivity contribution in [2.24, 2.45) is 5.92 Å². The van der Waals surface area contributed by atoms with Gasteiger partial charge in [0.2, 0.25) is 17.6 Å². The predicted molar refractivity (Wildman–Crippen MR) is 151 cm³/mol. The number of aromatic nitrogens is 2. The number of carbonyl (C=O) groups excluding carboxylic acids is 1. The number of piperidine rings is 1. The summed E-state index contributed by atoms with van der Waals surface area (Å²) in [6, 6.07) is 17.5. The van der Waals surface area contributed by atoms with Gasteiger partial charge in [0, 0.05) is 22.2 Å². The summed E-state index contributed by atoms with van der Waals surface area (Å²) in [5, 5.41) is 8.52. The molecule has 11 heteroatoms. The molecule has 8 nitrogen and oxygen atoms in total. The molecule has 0 radical (unpaired) electrons. The zero-order valence-electron chi connectivity index (χ0n) is 21.0. The number of anilines is 1. The van der Waals surface area contributed by atoms with Crippen LogP contribution in [0, 0.1) is 5.92 Å². The van der Waals surface area contributed by atoms with Crippen LogP contribution in [0.3, 0.4) is 0 Å². The Labute approximate surface area is 240 Å². The van der Waals surface area contributed by atoms with Crippen molar-refractivity contribution in [1.82, 2.24) is 15.0 Å². The summed E-state index contributed by atoms with van der Waals surface area (Å²) >= 11 is 18.5. The van der Waals surface area contributed by atoms with Gasteiger partial charge >= 0.3 is 0 Å². The van der Waals surface area contributed by atoms with Gasteiger partial charge in [-0.15, -0.1) is 0 Å². The highest BCUT2D eigenvalue weighted by Gasteiger charge is 2.28. The molecule has 0 saturated carbocycles. The number of nitrogens with one attached hydrogen (secondary N) is 1. The molecular formula is C28H25Cl3N4O4. The van der Waals surface area contributed by atoms with Crippen molar-refractivity contribution < 1.29 is 18.8 Å². The first kappa shape index (κ1) is 27.3. The first-order chi connectivity index (χ1) is 18.9. The molecule has 1 aliphatic heterocycles. The van der Waals surface area contributed by atoms with Crippen LogP contribution >= 0.6 is 34.8 Å². The Morgan fingerprint density at radius 1 is 1.05 bits per heavy atom. The molecule has 1 fully saturated rings. The third-order valence-electron chi connectivity index (χ3n) is 6.36. The van der Waals surface area contributed by atoms with Gasteiger partial charge in [0.05, 0.1) is 30.3 Å². The number of methoxy groups -OCH3 is 1. The number of ether oxygens (including phenoxy) is 2. The highest BCUT2D eigenvalue weighted by atomic mass is 35.5. The summed E-state index contributed by atoms with van der Waals surface area (Å²) in [7, 11) is 1.57. The zero-order valence-corrected chi connectivity index (χ0v) is 23.3. The van der Waals surface area contributed by atoms with Crippen LogP contribution < -0.4 is 14.8 Å². The predicted octanol–water partition coefficient (Wildman–Crippen LogP) is 7.35. The summed E-state index contributed by atoms with van der Waals surface area (Å²) in [5.41, 5.74) is 1.12. The largest absolute Gasteiger partial charge is 0.493 e. The number of hydrogen-bond acceptors (Lipinski definition) is 7. The Balaban J connectivity index is 1.25. The van der Waals surface area contributed by atoms with Gasteiger partial charge in [0.15, 0.2) is 17.2 Å². The van der Waals surface area contributed by atoms with Gasteiger partial charge in [0.1, 0.15) is 0 Å². The van der Waals surface area contributed by atoms with Crippen LogP contribution in [0.25, 0.3) is 11.4 Å². The Kier molecular flexibility index (Phi) is 8.57. The van der Waals surface area contributed by atoms with Gasteiger partial charge in [-0.2, -0.15) is 4.98 Å². The van der Waals surface area contributed by atoms with E-state index in [0.29, 0.717) is 68.4 Å². The number of likely N-dealkylation sites (tertiary alicyclic amines) is 1. The fourth-order valence-corrected chi connectivity index (χ4v) is 5.11. The highest BCUT2D eigenvalue weighted by Crippen LogP contribution is 2.37. The van der Waals surface area contributed by atoms with Crippen LogP contribution in [-0.2, 0) is 11.3 Å². The lowest BCUT2D eigenvalue weighted by Crippen LogP contribution is -2.40. The number of carbonyl (C=O) groups is 1. The summed E-state index contributed by atoms with van der Waals surface area (Å²) < 4.78 is 16.9. The van der Waals surface area contributed by atoms with Crippen LogP contribution in [0.2, 0.25) is 15.1 Å². The zero-order chi connectivity index (χ0) is 27.4. The second-order valence-corrected chi connectivity index (χ2v) is 10.4. The van der Waals surface area contributed by atoms with Crippen molar-refractivity contribution in [3.63, 3.8) is 0 Å². The van der Waals surface area contributed by atoms with E-state index in [-0.39, 0.29) is 11.8 Å². The van der Waals surface area contributed by atoms with E-state index in [1.165, 1.54) is 0 Å². The molecule has 39 heavy (non-hydrogen) atoms. The molecule has 0 spiro atoms. The van der Waals surface area contributed by atoms with Gasteiger partial charge in [0.25, 0.3) is 0 Å². The van der Waals surface area contributed by atoms with E-state index in [1.54, 1.807) is 55.6 Å². The highest BCUT2D eigenvalue weighted by molar-refractivity contribution is 6.36. The maximum atomic E-state index is 13.3. The molecule has 3 aromatic carbocycles. The molecule has 1 amide bonds. The summed E-state index contributed by atoms with van der Waals surface area (Å²) in [4.78, 5) is 19.9. The minimum Gasteiger partial charge on any atom is -0.493 e. The topological polar surface area (TPSA) is 89.7 Å². The van der Waals surface area contributed by atoms with Crippen molar-refractivity contribution >= 4 is 46.4 Å². The molecule has 202 valence electrons. The van der Waals surface area contributed by atoms with Crippen LogP contribution in [0.4, 0.5) is 5.69 Å². The molecule has 0 aliphatic carbocycles. The Morgan fingerprint density at radius 2 is 1.82 bits per heavy atom. The number of benzene rings is 3. The summed E-state index contributed by atoms with van der Waals surface area (Å²) in [6.45, 7) is 1.76. The van der Waals surface area contributed by atoms with Gasteiger partial charge in [-0.25, -0.2) is 0 Å². The van der Waals surface area contributed by atoms with E-state index >= 15 is 0 Å². The van der Waals surface area contributed by atoms with Crippen LogP contribution in [0.5, 0.6) is 17.2 Å². The molecule has 1 saturated heterocycles. The van der Waals surface area contributed by atoms with Crippen LogP contribution in [-0.4, -0.2) is 41.1 Å². The Morgan fingerprint density at radius 3 is 2.62 bits per heavy atom. The molecule has 4 aromatic rings. The molecule has 1 unspecified atom stereocenters. The molecule has 0 bridgehead atoms. The van der Waals surface area contributed by atoms with Crippen molar-refractivity contribution in [2.45, 2.75) is 19.4 Å². The lowest BCUT2D eigenvalue weighted by molar-refractivity contribution is -0.121. The van der Waals surface area contributed by atoms with E-state index < -0.39 is 0 Å². The smallest absolute Gasteiger partial charge is 0.241 e.